The number of hydrogen-bond donors (Lipinski definition) is 5. The summed E-state index contributed by atoms with van der Waals surface area (Å²) in [5.41, 5.74) is 0.786. The minimum atomic E-state index is -1.19. The lowest BCUT2D eigenvalue weighted by Gasteiger charge is -2.32. The van der Waals surface area contributed by atoms with Crippen molar-refractivity contribution in [3.8, 4) is 0 Å². The average Bonchev–Trinajstić information content (AvgIpc) is 3.25. The molecule has 1 saturated heterocycles. The molecular formula is C43H57N6O12P. The Labute approximate surface area is 362 Å². The first-order valence-electron chi connectivity index (χ1n) is 20.3. The van der Waals surface area contributed by atoms with Gasteiger partial charge in [-0.25, -0.2) is 4.79 Å². The lowest BCUT2D eigenvalue weighted by Crippen LogP contribution is -2.50. The Morgan fingerprint density at radius 1 is 0.565 bits per heavy atom. The van der Waals surface area contributed by atoms with Gasteiger partial charge in [0.1, 0.15) is 0 Å². The summed E-state index contributed by atoms with van der Waals surface area (Å²) in [5.74, 6) is -4.16. The quantitative estimate of drug-likeness (QED) is 0.0491. The number of aliphatic carboxylic acids is 3. The number of ether oxygens (including phenoxy) is 3. The Morgan fingerprint density at radius 2 is 0.984 bits per heavy atom. The molecule has 0 aromatic heterocycles. The van der Waals surface area contributed by atoms with Crippen molar-refractivity contribution in [3.05, 3.63) is 90.0 Å². The minimum Gasteiger partial charge on any atom is -0.480 e. The van der Waals surface area contributed by atoms with E-state index in [0.717, 1.165) is 10.6 Å². The third kappa shape index (κ3) is 17.6. The molecule has 18 nitrogen and oxygen atoms in total. The maximum Gasteiger partial charge on any atom is 0.338 e. The molecule has 2 amide bonds. The van der Waals surface area contributed by atoms with Crippen LogP contribution in [0.15, 0.2) is 78.9 Å². The summed E-state index contributed by atoms with van der Waals surface area (Å²) >= 11 is 0. The summed E-state index contributed by atoms with van der Waals surface area (Å²) in [6.07, 6.45) is 0. The summed E-state index contributed by atoms with van der Waals surface area (Å²) in [5, 5.41) is 36.6. The first kappa shape index (κ1) is 49.3. The van der Waals surface area contributed by atoms with Gasteiger partial charge in [-0.3, -0.25) is 43.6 Å². The Morgan fingerprint density at radius 3 is 1.40 bits per heavy atom. The fraction of sp³-hybridized carbons (Fsp3) is 0.442. The van der Waals surface area contributed by atoms with Crippen LogP contribution in [0.3, 0.4) is 0 Å². The summed E-state index contributed by atoms with van der Waals surface area (Å²) in [7, 11) is 0.140. The lowest BCUT2D eigenvalue weighted by molar-refractivity contribution is -0.140. The molecule has 0 unspecified atom stereocenters. The highest BCUT2D eigenvalue weighted by atomic mass is 31.1. The topological polar surface area (TPSA) is 228 Å². The summed E-state index contributed by atoms with van der Waals surface area (Å²) < 4.78 is 16.3. The predicted octanol–water partition coefficient (Wildman–Crippen LogP) is -0.414. The van der Waals surface area contributed by atoms with Crippen molar-refractivity contribution < 1.29 is 58.3 Å². The molecule has 4 rings (SSSR count). The molecule has 0 aliphatic carbocycles. The van der Waals surface area contributed by atoms with Crippen molar-refractivity contribution in [3.63, 3.8) is 0 Å². The van der Waals surface area contributed by atoms with Crippen LogP contribution in [0.25, 0.3) is 0 Å². The zero-order valence-corrected chi connectivity index (χ0v) is 35.9. The van der Waals surface area contributed by atoms with Gasteiger partial charge in [0.2, 0.25) is 5.91 Å². The third-order valence-electron chi connectivity index (χ3n) is 9.78. The number of carbonyl (C=O) groups excluding carboxylic acids is 3. The van der Waals surface area contributed by atoms with E-state index in [0.29, 0.717) is 42.6 Å². The van der Waals surface area contributed by atoms with Crippen molar-refractivity contribution in [2.24, 2.45) is 0 Å². The van der Waals surface area contributed by atoms with E-state index in [9.17, 15) is 44.1 Å². The van der Waals surface area contributed by atoms with Crippen molar-refractivity contribution in [1.82, 2.24) is 30.2 Å². The van der Waals surface area contributed by atoms with Crippen LogP contribution in [0.1, 0.15) is 20.7 Å². The van der Waals surface area contributed by atoms with Crippen LogP contribution < -0.4 is 26.5 Å². The Balaban J connectivity index is 1.20. The van der Waals surface area contributed by atoms with E-state index in [1.54, 1.807) is 32.9 Å². The molecule has 0 saturated carbocycles. The second kappa shape index (κ2) is 26.9. The largest absolute Gasteiger partial charge is 0.480 e. The summed E-state index contributed by atoms with van der Waals surface area (Å²) in [4.78, 5) is 80.4. The Hall–Kier alpha value is -5.33. The van der Waals surface area contributed by atoms with Gasteiger partial charge in [-0.1, -0.05) is 60.7 Å². The fourth-order valence-corrected chi connectivity index (χ4v) is 9.16. The van der Waals surface area contributed by atoms with Gasteiger partial charge in [-0.05, 0) is 36.7 Å². The van der Waals surface area contributed by atoms with Crippen LogP contribution >= 0.6 is 7.92 Å². The second-order valence-corrected chi connectivity index (χ2v) is 16.5. The molecule has 1 aliphatic rings. The lowest BCUT2D eigenvalue weighted by atomic mass is 10.1. The number of carboxylic acids is 3. The van der Waals surface area contributed by atoms with Crippen LogP contribution in [-0.4, -0.2) is 196 Å². The van der Waals surface area contributed by atoms with E-state index in [1.807, 2.05) is 65.6 Å². The molecule has 0 bridgehead atoms. The van der Waals surface area contributed by atoms with Crippen molar-refractivity contribution >= 4 is 59.5 Å². The van der Waals surface area contributed by atoms with Crippen molar-refractivity contribution in [1.29, 1.82) is 0 Å². The maximum atomic E-state index is 13.3. The summed E-state index contributed by atoms with van der Waals surface area (Å²) in [6, 6.07) is 24.7. The zero-order chi connectivity index (χ0) is 44.7. The molecule has 1 heterocycles. The number of methoxy groups -OCH3 is 1. The van der Waals surface area contributed by atoms with Crippen molar-refractivity contribution in [2.75, 3.05) is 125 Å². The number of amides is 2. The maximum absolute atomic E-state index is 13.3. The molecule has 62 heavy (non-hydrogen) atoms. The van der Waals surface area contributed by atoms with Gasteiger partial charge in [0.25, 0.3) is 5.91 Å². The minimum absolute atomic E-state index is 0.0000674. The average molecular weight is 881 g/mol. The van der Waals surface area contributed by atoms with Gasteiger partial charge < -0.3 is 40.2 Å². The normalized spacial score (nSPS) is 14.9. The van der Waals surface area contributed by atoms with Crippen LogP contribution in [0.2, 0.25) is 0 Å². The van der Waals surface area contributed by atoms with Gasteiger partial charge in [-0.2, -0.15) is 0 Å². The standard InChI is InChI=1S/C43H57N6O12P/c1-59-43(58)36-13-12-33(28-37(36)62(34-8-4-2-5-9-34)35-10-6-3-7-11-35)42(57)45-15-25-61-27-26-60-24-14-44-38(50)29-46-16-18-47(30-39(51)52)20-22-49(32-41(55)56)23-21-48(19-17-46)31-40(53)54/h2-13,28H,14-27,29-32H2,1H3,(H,44,50)(H,45,57)(H,51,52)(H,53,54)(H,55,56). The Bertz CT molecular complexity index is 1840. The molecule has 336 valence electrons. The number of carboxylic acid groups (broad SMARTS) is 3. The molecule has 3 aromatic rings. The molecular weight excluding hydrogens is 823 g/mol. The van der Waals surface area contributed by atoms with Gasteiger partial charge in [0.15, 0.2) is 0 Å². The van der Waals surface area contributed by atoms with Crippen LogP contribution in [0, 0.1) is 0 Å². The van der Waals surface area contributed by atoms with Crippen LogP contribution in [0.5, 0.6) is 0 Å². The molecule has 5 N–H and O–H groups in total. The zero-order valence-electron chi connectivity index (χ0n) is 35.0. The smallest absolute Gasteiger partial charge is 0.338 e. The van der Waals surface area contributed by atoms with E-state index >= 15 is 0 Å². The van der Waals surface area contributed by atoms with E-state index < -0.39 is 31.8 Å². The van der Waals surface area contributed by atoms with E-state index in [1.165, 1.54) is 7.11 Å². The highest BCUT2D eigenvalue weighted by Gasteiger charge is 2.25. The molecule has 19 heteroatoms. The van der Waals surface area contributed by atoms with E-state index in [-0.39, 0.29) is 104 Å². The number of nitrogens with zero attached hydrogens (tertiary/aromatic N) is 4. The molecule has 1 aliphatic heterocycles. The number of hydrogen-bond acceptors (Lipinski definition) is 13. The number of esters is 1. The molecule has 0 spiro atoms. The molecule has 0 radical (unpaired) electrons. The first-order valence-corrected chi connectivity index (χ1v) is 21.7. The SMILES string of the molecule is COC(=O)c1ccc(C(=O)NCCOCCOCCNC(=O)CN2CCN(CC(=O)O)CCN(CC(=O)O)CCN(CC(=O)O)CC2)cc1P(c1ccccc1)c1ccccc1. The number of carbonyl (C=O) groups is 6. The molecule has 0 atom stereocenters. The highest BCUT2D eigenvalue weighted by Crippen LogP contribution is 2.34. The van der Waals surface area contributed by atoms with E-state index in [4.69, 9.17) is 14.2 Å². The van der Waals surface area contributed by atoms with Crippen LogP contribution in [-0.2, 0) is 33.4 Å². The highest BCUT2D eigenvalue weighted by molar-refractivity contribution is 7.80. The van der Waals surface area contributed by atoms with Gasteiger partial charge in [-0.15, -0.1) is 0 Å². The Kier molecular flexibility index (Phi) is 21.4. The van der Waals surface area contributed by atoms with Gasteiger partial charge >= 0.3 is 23.9 Å². The fourth-order valence-electron chi connectivity index (χ4n) is 6.69. The predicted molar refractivity (Wildman–Crippen MR) is 232 cm³/mol. The number of benzene rings is 3. The van der Waals surface area contributed by atoms with Gasteiger partial charge in [0, 0.05) is 76.3 Å². The summed E-state index contributed by atoms with van der Waals surface area (Å²) in [6.45, 7) is 3.08. The molecule has 1 fully saturated rings. The van der Waals surface area contributed by atoms with Crippen molar-refractivity contribution in [2.45, 2.75) is 0 Å². The monoisotopic (exact) mass is 880 g/mol. The second-order valence-electron chi connectivity index (χ2n) is 14.3. The van der Waals surface area contributed by atoms with Crippen LogP contribution in [0.4, 0.5) is 0 Å². The molecule has 3 aromatic carbocycles. The number of nitrogens with one attached hydrogen (secondary N) is 2. The van der Waals surface area contributed by atoms with Gasteiger partial charge in [0.05, 0.1) is 65.3 Å². The number of rotatable bonds is 22. The first-order chi connectivity index (χ1) is 29.9. The van der Waals surface area contributed by atoms with E-state index in [2.05, 4.69) is 10.6 Å². The third-order valence-corrected chi connectivity index (χ3v) is 12.3.